The molecule has 37 heavy (non-hydrogen) atoms. The van der Waals surface area contributed by atoms with Crippen molar-refractivity contribution in [1.29, 1.82) is 0 Å². The first kappa shape index (κ1) is 25.2. The standard InChI is InChI=1S/C29H27ClN4O2S/c1-17-7-9-20(10-8-17)24-15-25(21-5-4-6-22(30)14-21)34(33-24)29-32-28(36)26(37-29)16-27(35)31-23-12-18(2)11-19(3)13-23/h4-14,25-26H,15-16H2,1-3H3,(H,31,35). The number of nitrogens with zero attached hydrogens (tertiary/aromatic N) is 3. The lowest BCUT2D eigenvalue weighted by Crippen LogP contribution is -2.25. The minimum absolute atomic E-state index is 0.0354. The second kappa shape index (κ2) is 10.5. The molecule has 3 aromatic carbocycles. The topological polar surface area (TPSA) is 74.1 Å². The van der Waals surface area contributed by atoms with Crippen LogP contribution < -0.4 is 5.32 Å². The van der Waals surface area contributed by atoms with Crippen molar-refractivity contribution in [3.63, 3.8) is 0 Å². The van der Waals surface area contributed by atoms with E-state index in [0.29, 0.717) is 16.6 Å². The normalized spacial score (nSPS) is 19.1. The first-order valence-electron chi connectivity index (χ1n) is 12.1. The zero-order valence-electron chi connectivity index (χ0n) is 20.9. The van der Waals surface area contributed by atoms with E-state index in [1.54, 1.807) is 0 Å². The van der Waals surface area contributed by atoms with Crippen molar-refractivity contribution in [2.75, 3.05) is 5.32 Å². The summed E-state index contributed by atoms with van der Waals surface area (Å²) in [6, 6.07) is 21.6. The fourth-order valence-corrected chi connectivity index (χ4v) is 5.87. The van der Waals surface area contributed by atoms with Gasteiger partial charge in [0.05, 0.1) is 11.8 Å². The molecule has 0 spiro atoms. The average molecular weight is 531 g/mol. The van der Waals surface area contributed by atoms with Crippen molar-refractivity contribution >= 4 is 51.7 Å². The van der Waals surface area contributed by atoms with Crippen molar-refractivity contribution in [2.45, 2.75) is 44.9 Å². The second-order valence-corrected chi connectivity index (χ2v) is 11.1. The van der Waals surface area contributed by atoms with Gasteiger partial charge in [-0.15, -0.1) is 0 Å². The highest BCUT2D eigenvalue weighted by molar-refractivity contribution is 8.15. The van der Waals surface area contributed by atoms with E-state index in [1.807, 2.05) is 68.2 Å². The van der Waals surface area contributed by atoms with Crippen LogP contribution in [0.1, 0.15) is 46.7 Å². The van der Waals surface area contributed by atoms with Crippen LogP contribution in [-0.2, 0) is 9.59 Å². The predicted octanol–water partition coefficient (Wildman–Crippen LogP) is 6.44. The third kappa shape index (κ3) is 5.78. The molecule has 0 bridgehead atoms. The minimum Gasteiger partial charge on any atom is -0.326 e. The number of amides is 2. The molecule has 5 rings (SSSR count). The SMILES string of the molecule is Cc1ccc(C2=NN(C3=NC(=O)C(CC(=O)Nc4cc(C)cc(C)c4)S3)C(c3cccc(Cl)c3)C2)cc1. The number of hydrogen-bond acceptors (Lipinski definition) is 5. The Bertz CT molecular complexity index is 1410. The summed E-state index contributed by atoms with van der Waals surface area (Å²) in [5.74, 6) is -0.539. The third-order valence-corrected chi connectivity index (χ3v) is 7.71. The third-order valence-electron chi connectivity index (χ3n) is 6.33. The predicted molar refractivity (Wildman–Crippen MR) is 151 cm³/mol. The Labute approximate surface area is 225 Å². The monoisotopic (exact) mass is 530 g/mol. The molecule has 2 heterocycles. The van der Waals surface area contributed by atoms with Crippen LogP contribution in [0.15, 0.2) is 76.8 Å². The van der Waals surface area contributed by atoms with Crippen LogP contribution in [0.4, 0.5) is 5.69 Å². The van der Waals surface area contributed by atoms with Crippen LogP contribution in [0.3, 0.4) is 0 Å². The molecule has 2 unspecified atom stereocenters. The molecule has 2 atom stereocenters. The number of hydrogen-bond donors (Lipinski definition) is 1. The fraction of sp³-hybridized carbons (Fsp3) is 0.241. The Hall–Kier alpha value is -3.42. The van der Waals surface area contributed by atoms with Gasteiger partial charge in [-0.2, -0.15) is 10.1 Å². The Morgan fingerprint density at radius 2 is 1.76 bits per heavy atom. The van der Waals surface area contributed by atoms with Crippen molar-refractivity contribution in [3.05, 3.63) is 99.6 Å². The number of carbonyl (C=O) groups is 2. The molecule has 188 valence electrons. The molecule has 3 aromatic rings. The van der Waals surface area contributed by atoms with E-state index in [-0.39, 0.29) is 24.3 Å². The van der Waals surface area contributed by atoms with E-state index in [1.165, 1.54) is 17.3 Å². The number of hydrazone groups is 1. The van der Waals surface area contributed by atoms with Crippen LogP contribution in [0.2, 0.25) is 5.02 Å². The summed E-state index contributed by atoms with van der Waals surface area (Å²) in [5.41, 5.74) is 6.97. The van der Waals surface area contributed by atoms with Crippen molar-refractivity contribution in [3.8, 4) is 0 Å². The van der Waals surface area contributed by atoms with Gasteiger partial charge in [-0.05, 0) is 67.3 Å². The first-order valence-corrected chi connectivity index (χ1v) is 13.4. The summed E-state index contributed by atoms with van der Waals surface area (Å²) in [4.78, 5) is 29.9. The van der Waals surface area contributed by atoms with E-state index >= 15 is 0 Å². The lowest BCUT2D eigenvalue weighted by atomic mass is 9.98. The Kier molecular flexibility index (Phi) is 7.17. The molecule has 6 nitrogen and oxygen atoms in total. The molecule has 0 saturated carbocycles. The molecule has 0 aromatic heterocycles. The van der Waals surface area contributed by atoms with Gasteiger partial charge in [0, 0.05) is 23.6 Å². The van der Waals surface area contributed by atoms with Crippen molar-refractivity contribution in [1.82, 2.24) is 5.01 Å². The number of carbonyl (C=O) groups excluding carboxylic acids is 2. The summed E-state index contributed by atoms with van der Waals surface area (Å²) in [5, 5.41) is 10.2. The molecule has 2 aliphatic heterocycles. The van der Waals surface area contributed by atoms with Gasteiger partial charge in [-0.1, -0.05) is 71.4 Å². The molecule has 8 heteroatoms. The number of halogens is 1. The summed E-state index contributed by atoms with van der Waals surface area (Å²) >= 11 is 7.59. The smallest absolute Gasteiger partial charge is 0.262 e. The number of thioether (sulfide) groups is 1. The van der Waals surface area contributed by atoms with E-state index in [2.05, 4.69) is 34.6 Å². The maximum atomic E-state index is 12.8. The van der Waals surface area contributed by atoms with Gasteiger partial charge in [-0.3, -0.25) is 9.59 Å². The molecule has 0 aliphatic carbocycles. The zero-order chi connectivity index (χ0) is 26.1. The number of rotatable bonds is 5. The molecule has 2 amide bonds. The van der Waals surface area contributed by atoms with Crippen LogP contribution in [0, 0.1) is 20.8 Å². The second-order valence-electron chi connectivity index (χ2n) is 9.50. The quantitative estimate of drug-likeness (QED) is 0.411. The van der Waals surface area contributed by atoms with E-state index in [9.17, 15) is 9.59 Å². The van der Waals surface area contributed by atoms with Crippen LogP contribution in [0.25, 0.3) is 0 Å². The van der Waals surface area contributed by atoms with E-state index < -0.39 is 5.25 Å². The highest BCUT2D eigenvalue weighted by Gasteiger charge is 2.39. The largest absolute Gasteiger partial charge is 0.326 e. The number of aliphatic imine (C=N–C) groups is 1. The van der Waals surface area contributed by atoms with Gasteiger partial charge in [0.25, 0.3) is 5.91 Å². The molecular formula is C29H27ClN4O2S. The zero-order valence-corrected chi connectivity index (χ0v) is 22.4. The number of benzene rings is 3. The average Bonchev–Trinajstić information content (AvgIpc) is 3.43. The highest BCUT2D eigenvalue weighted by atomic mass is 35.5. The van der Waals surface area contributed by atoms with Crippen LogP contribution in [0.5, 0.6) is 0 Å². The fourth-order valence-electron chi connectivity index (χ4n) is 4.61. The summed E-state index contributed by atoms with van der Waals surface area (Å²) in [6.45, 7) is 6.01. The van der Waals surface area contributed by atoms with Gasteiger partial charge < -0.3 is 5.32 Å². The van der Waals surface area contributed by atoms with E-state index in [4.69, 9.17) is 16.7 Å². The van der Waals surface area contributed by atoms with Gasteiger partial charge in [-0.25, -0.2) is 5.01 Å². The lowest BCUT2D eigenvalue weighted by molar-refractivity contribution is -0.121. The molecule has 0 fully saturated rings. The minimum atomic E-state index is -0.598. The van der Waals surface area contributed by atoms with Crippen LogP contribution >= 0.6 is 23.4 Å². The molecule has 0 radical (unpaired) electrons. The summed E-state index contributed by atoms with van der Waals surface area (Å²) < 4.78 is 0. The van der Waals surface area contributed by atoms with Gasteiger partial charge in [0.1, 0.15) is 5.25 Å². The maximum absolute atomic E-state index is 12.8. The number of nitrogens with one attached hydrogen (secondary N) is 1. The number of amidine groups is 1. The number of anilines is 1. The first-order chi connectivity index (χ1) is 17.7. The maximum Gasteiger partial charge on any atom is 0.262 e. The summed E-state index contributed by atoms with van der Waals surface area (Å²) in [6.07, 6.45) is 0.683. The Balaban J connectivity index is 1.35. The Morgan fingerprint density at radius 1 is 1.03 bits per heavy atom. The van der Waals surface area contributed by atoms with E-state index in [0.717, 1.165) is 33.7 Å². The molecule has 2 aliphatic rings. The highest BCUT2D eigenvalue weighted by Crippen LogP contribution is 2.39. The van der Waals surface area contributed by atoms with Crippen LogP contribution in [-0.4, -0.2) is 33.0 Å². The van der Waals surface area contributed by atoms with Gasteiger partial charge in [0.2, 0.25) is 5.91 Å². The Morgan fingerprint density at radius 3 is 2.46 bits per heavy atom. The van der Waals surface area contributed by atoms with Crippen molar-refractivity contribution < 1.29 is 9.59 Å². The van der Waals surface area contributed by atoms with Gasteiger partial charge >= 0.3 is 0 Å². The molecule has 0 saturated heterocycles. The summed E-state index contributed by atoms with van der Waals surface area (Å²) in [7, 11) is 0. The lowest BCUT2D eigenvalue weighted by Gasteiger charge is -2.23. The molecular weight excluding hydrogens is 504 g/mol. The van der Waals surface area contributed by atoms with Crippen molar-refractivity contribution in [2.24, 2.45) is 10.1 Å². The van der Waals surface area contributed by atoms with Gasteiger partial charge in [0.15, 0.2) is 5.17 Å². The molecule has 1 N–H and O–H groups in total. The number of aryl methyl sites for hydroxylation is 3.